The van der Waals surface area contributed by atoms with Crippen molar-refractivity contribution in [3.8, 4) is 5.69 Å². The van der Waals surface area contributed by atoms with Gasteiger partial charge in [-0.3, -0.25) is 10.2 Å². The monoisotopic (exact) mass is 702 g/mol. The average molecular weight is 704 g/mol. The lowest BCUT2D eigenvalue weighted by atomic mass is 9.94. The van der Waals surface area contributed by atoms with Crippen LogP contribution in [-0.2, 0) is 9.47 Å². The normalized spacial score (nSPS) is 19.3. The van der Waals surface area contributed by atoms with Gasteiger partial charge in [0.25, 0.3) is 0 Å². The second-order valence-corrected chi connectivity index (χ2v) is 13.6. The largest absolute Gasteiger partial charge is 0.444 e. The van der Waals surface area contributed by atoms with E-state index in [-0.39, 0.29) is 24.0 Å². The maximum Gasteiger partial charge on any atom is 0.410 e. The molecule has 13 heteroatoms. The summed E-state index contributed by atoms with van der Waals surface area (Å²) in [5, 5.41) is 11.0. The van der Waals surface area contributed by atoms with Gasteiger partial charge >= 0.3 is 12.1 Å². The Labute approximate surface area is 276 Å². The molecule has 0 spiro atoms. The number of hydrogen-bond acceptors (Lipinski definition) is 6. The van der Waals surface area contributed by atoms with Crippen LogP contribution in [0.4, 0.5) is 24.2 Å². The summed E-state index contributed by atoms with van der Waals surface area (Å²) in [5.74, 6) is -1.58. The highest BCUT2D eigenvalue weighted by Gasteiger charge is 2.36. The quantitative estimate of drug-likeness (QED) is 0.287. The van der Waals surface area contributed by atoms with Crippen molar-refractivity contribution < 1.29 is 27.8 Å². The van der Waals surface area contributed by atoms with E-state index in [1.807, 2.05) is 51.1 Å². The molecule has 2 aromatic carbocycles. The predicted molar refractivity (Wildman–Crippen MR) is 174 cm³/mol. The molecule has 2 N–H and O–H groups in total. The molecular formula is C33H41BrF2N6O4. The van der Waals surface area contributed by atoms with E-state index in [0.717, 1.165) is 17.4 Å². The van der Waals surface area contributed by atoms with Crippen LogP contribution in [0.1, 0.15) is 56.7 Å². The number of hydrogen-bond donors (Lipinski definition) is 2. The molecule has 3 aromatic rings. The molecule has 5 rings (SSSR count). The zero-order chi connectivity index (χ0) is 33.0. The Hall–Kier alpha value is -3.55. The van der Waals surface area contributed by atoms with Crippen molar-refractivity contribution in [2.75, 3.05) is 51.8 Å². The molecule has 2 saturated heterocycles. The molecule has 0 aliphatic carbocycles. The topological polar surface area (TPSA) is 101 Å². The Morgan fingerprint density at radius 1 is 1.04 bits per heavy atom. The Morgan fingerprint density at radius 2 is 1.76 bits per heavy atom. The number of likely N-dealkylation sites (tertiary alicyclic amines) is 2. The number of piperidine rings is 1. The van der Waals surface area contributed by atoms with Gasteiger partial charge in [-0.2, -0.15) is 5.10 Å². The number of nitrogens with one attached hydrogen (secondary N) is 2. The fraction of sp³-hybridized carbons (Fsp3) is 0.485. The zero-order valence-electron chi connectivity index (χ0n) is 26.6. The highest BCUT2D eigenvalue weighted by Crippen LogP contribution is 2.38. The minimum absolute atomic E-state index is 0.0450. The minimum Gasteiger partial charge on any atom is -0.444 e. The van der Waals surface area contributed by atoms with Crippen LogP contribution in [0.2, 0.25) is 0 Å². The molecule has 2 aliphatic heterocycles. The molecule has 3 amide bonds. The van der Waals surface area contributed by atoms with E-state index in [9.17, 15) is 18.4 Å². The number of carbonyl (C=O) groups excluding carboxylic acids is 2. The van der Waals surface area contributed by atoms with E-state index in [2.05, 4.69) is 31.5 Å². The van der Waals surface area contributed by atoms with E-state index in [1.54, 1.807) is 22.8 Å². The number of carbonyl (C=O) groups is 2. The first kappa shape index (κ1) is 33.8. The Bertz CT molecular complexity index is 1520. The fourth-order valence-corrected chi connectivity index (χ4v) is 6.70. The van der Waals surface area contributed by atoms with Crippen LogP contribution in [0, 0.1) is 11.6 Å². The molecule has 0 radical (unpaired) electrons. The minimum atomic E-state index is -0.920. The highest BCUT2D eigenvalue weighted by molar-refractivity contribution is 9.10. The van der Waals surface area contributed by atoms with Crippen LogP contribution in [0.3, 0.4) is 0 Å². The first-order chi connectivity index (χ1) is 21.9. The number of aromatic nitrogens is 2. The number of rotatable bonds is 8. The van der Waals surface area contributed by atoms with Crippen molar-refractivity contribution in [3.05, 3.63) is 75.9 Å². The Balaban J connectivity index is 1.35. The fourth-order valence-electron chi connectivity index (χ4n) is 6.03. The van der Waals surface area contributed by atoms with Gasteiger partial charge in [-0.25, -0.2) is 23.1 Å². The van der Waals surface area contributed by atoms with Gasteiger partial charge in [-0.15, -0.1) is 0 Å². The molecule has 10 nitrogen and oxygen atoms in total. The van der Waals surface area contributed by atoms with E-state index in [0.29, 0.717) is 68.0 Å². The molecular weight excluding hydrogens is 662 g/mol. The predicted octanol–water partition coefficient (Wildman–Crippen LogP) is 6.26. The molecule has 0 bridgehead atoms. The number of para-hydroxylation sites is 1. The van der Waals surface area contributed by atoms with Gasteiger partial charge in [0, 0.05) is 51.7 Å². The number of anilines is 1. The first-order valence-electron chi connectivity index (χ1n) is 15.5. The van der Waals surface area contributed by atoms with Crippen molar-refractivity contribution in [3.63, 3.8) is 0 Å². The van der Waals surface area contributed by atoms with Gasteiger partial charge in [-0.1, -0.05) is 24.3 Å². The van der Waals surface area contributed by atoms with Gasteiger partial charge in [-0.05, 0) is 79.4 Å². The number of urea groups is 1. The summed E-state index contributed by atoms with van der Waals surface area (Å²) in [7, 11) is 1.62. The van der Waals surface area contributed by atoms with Gasteiger partial charge in [0.1, 0.15) is 5.60 Å². The molecule has 2 aliphatic rings. The molecule has 0 saturated carbocycles. The lowest BCUT2D eigenvalue weighted by Crippen LogP contribution is -2.42. The van der Waals surface area contributed by atoms with Crippen molar-refractivity contribution in [2.24, 2.45) is 0 Å². The average Bonchev–Trinajstić information content (AvgIpc) is 3.57. The van der Waals surface area contributed by atoms with Crippen LogP contribution in [0.5, 0.6) is 0 Å². The van der Waals surface area contributed by atoms with Gasteiger partial charge in [0.05, 0.1) is 28.5 Å². The summed E-state index contributed by atoms with van der Waals surface area (Å²) in [4.78, 5) is 30.1. The maximum atomic E-state index is 14.2. The number of halogens is 3. The summed E-state index contributed by atoms with van der Waals surface area (Å²) in [6.07, 6.45) is 1.04. The van der Waals surface area contributed by atoms with Gasteiger partial charge < -0.3 is 19.7 Å². The summed E-state index contributed by atoms with van der Waals surface area (Å²) in [5.41, 5.74) is 1.60. The molecule has 3 heterocycles. The van der Waals surface area contributed by atoms with Crippen LogP contribution in [0.25, 0.3) is 5.69 Å². The van der Waals surface area contributed by atoms with Crippen molar-refractivity contribution in [2.45, 2.75) is 57.1 Å². The molecule has 1 aromatic heterocycles. The highest BCUT2D eigenvalue weighted by atomic mass is 79.9. The van der Waals surface area contributed by atoms with E-state index in [1.165, 1.54) is 6.07 Å². The molecule has 248 valence electrons. The first-order valence-corrected chi connectivity index (χ1v) is 16.3. The summed E-state index contributed by atoms with van der Waals surface area (Å²) < 4.78 is 41.1. The van der Waals surface area contributed by atoms with Crippen LogP contribution >= 0.6 is 15.9 Å². The van der Waals surface area contributed by atoms with Crippen molar-refractivity contribution in [1.29, 1.82) is 0 Å². The number of ether oxygens (including phenoxy) is 2. The van der Waals surface area contributed by atoms with Crippen LogP contribution in [-0.4, -0.2) is 89.8 Å². The van der Waals surface area contributed by atoms with Gasteiger partial charge in [0.15, 0.2) is 17.5 Å². The maximum absolute atomic E-state index is 14.2. The molecule has 2 atom stereocenters. The number of methoxy groups -OCH3 is 1. The SMILES string of the molecule is COCCN1CC(NC(=O)Nc2c(Br)c(C3CCN(C(=O)OC(C)(C)C)CC3)nn2-c2ccccc2)C(c2ccc(F)c(F)c2)C1. The number of benzene rings is 2. The second kappa shape index (κ2) is 14.5. The third kappa shape index (κ3) is 8.05. The lowest BCUT2D eigenvalue weighted by molar-refractivity contribution is 0.0203. The van der Waals surface area contributed by atoms with Crippen LogP contribution < -0.4 is 10.6 Å². The van der Waals surface area contributed by atoms with Gasteiger partial charge in [0.2, 0.25) is 0 Å². The van der Waals surface area contributed by atoms with E-state index < -0.39 is 23.3 Å². The number of nitrogens with zero attached hydrogens (tertiary/aromatic N) is 4. The van der Waals surface area contributed by atoms with E-state index >= 15 is 0 Å². The van der Waals surface area contributed by atoms with E-state index in [4.69, 9.17) is 14.6 Å². The zero-order valence-corrected chi connectivity index (χ0v) is 28.1. The third-order valence-electron chi connectivity index (χ3n) is 8.31. The molecule has 46 heavy (non-hydrogen) atoms. The smallest absolute Gasteiger partial charge is 0.410 e. The summed E-state index contributed by atoms with van der Waals surface area (Å²) in [6.45, 7) is 8.82. The Kier molecular flexibility index (Phi) is 10.6. The van der Waals surface area contributed by atoms with Crippen molar-refractivity contribution >= 4 is 33.9 Å². The summed E-state index contributed by atoms with van der Waals surface area (Å²) >= 11 is 3.73. The summed E-state index contributed by atoms with van der Waals surface area (Å²) in [6, 6.07) is 12.6. The molecule has 2 unspecified atom stereocenters. The standard InChI is InChI=1S/C33H41BrF2N6O4/c1-33(2,3)46-32(44)41-14-12-21(13-15-41)29-28(34)30(42(39-29)23-8-6-5-7-9-23)38-31(43)37-27-20-40(16-17-45-4)19-24(27)22-10-11-25(35)26(36)18-22/h5-11,18,21,24,27H,12-17,19-20H2,1-4H3,(H2,37,38,43). The van der Waals surface area contributed by atoms with Crippen molar-refractivity contribution in [1.82, 2.24) is 24.9 Å². The lowest BCUT2D eigenvalue weighted by Gasteiger charge is -2.33. The second-order valence-electron chi connectivity index (χ2n) is 12.8. The molecule has 2 fully saturated rings. The van der Waals surface area contributed by atoms with Crippen LogP contribution in [0.15, 0.2) is 53.0 Å². The number of amides is 3. The Morgan fingerprint density at radius 3 is 2.41 bits per heavy atom. The third-order valence-corrected chi connectivity index (χ3v) is 9.10.